The molecule has 3 N–H and O–H groups in total. The Labute approximate surface area is 129 Å². The van der Waals surface area contributed by atoms with Crippen LogP contribution in [0, 0.1) is 0 Å². The number of hydrogen-bond acceptors (Lipinski definition) is 3. The van der Waals surface area contributed by atoms with Gasteiger partial charge in [0.05, 0.1) is 11.0 Å². The number of fused-ring (bicyclic) bond motifs is 1. The van der Waals surface area contributed by atoms with Crippen molar-refractivity contribution in [1.29, 1.82) is 0 Å². The van der Waals surface area contributed by atoms with E-state index in [1.807, 2.05) is 30.0 Å². The predicted molar refractivity (Wildman–Crippen MR) is 89.8 cm³/mol. The van der Waals surface area contributed by atoms with Gasteiger partial charge in [-0.2, -0.15) is 11.8 Å². The van der Waals surface area contributed by atoms with Crippen molar-refractivity contribution in [2.45, 2.75) is 12.8 Å². The Balaban J connectivity index is 1.49. The van der Waals surface area contributed by atoms with Gasteiger partial charge in [-0.15, -0.1) is 0 Å². The first-order chi connectivity index (χ1) is 10.3. The van der Waals surface area contributed by atoms with Crippen LogP contribution in [0.1, 0.15) is 12.2 Å². The number of aliphatic imine (C=N–C) groups is 1. The number of rotatable bonds is 4. The van der Waals surface area contributed by atoms with Gasteiger partial charge in [-0.1, -0.05) is 12.1 Å². The minimum Gasteiger partial charge on any atom is -0.370 e. The molecule has 0 aliphatic carbocycles. The fourth-order valence-electron chi connectivity index (χ4n) is 2.46. The number of thioether (sulfide) groups is 1. The summed E-state index contributed by atoms with van der Waals surface area (Å²) in [5, 5.41) is 0. The smallest absolute Gasteiger partial charge is 0.191 e. The Kier molecular flexibility index (Phi) is 4.65. The third-order valence-electron chi connectivity index (χ3n) is 3.62. The molecule has 112 valence electrons. The van der Waals surface area contributed by atoms with Crippen molar-refractivity contribution < 1.29 is 0 Å². The highest BCUT2D eigenvalue weighted by atomic mass is 32.2. The molecule has 0 spiro atoms. The number of guanidine groups is 1. The van der Waals surface area contributed by atoms with Crippen LogP contribution in [-0.2, 0) is 6.42 Å². The third kappa shape index (κ3) is 3.69. The molecule has 3 rings (SSSR count). The standard InChI is InChI=1S/C15H21N5S/c16-15(20-8-10-21-11-9-20)17-7-3-6-14-18-12-4-1-2-5-13(12)19-14/h1-2,4-5H,3,6-11H2,(H2,16,17)(H,18,19). The van der Waals surface area contributed by atoms with E-state index in [-0.39, 0.29) is 0 Å². The molecule has 1 aliphatic heterocycles. The second-order valence-corrected chi connectivity index (χ2v) is 6.37. The molecule has 0 amide bonds. The first-order valence-corrected chi connectivity index (χ1v) is 8.54. The Hall–Kier alpha value is -1.69. The zero-order valence-corrected chi connectivity index (χ0v) is 12.9. The average Bonchev–Trinajstić information content (AvgIpc) is 2.95. The number of H-pyrrole nitrogens is 1. The molecule has 0 atom stereocenters. The number of imidazole rings is 1. The van der Waals surface area contributed by atoms with E-state index in [4.69, 9.17) is 5.73 Å². The van der Waals surface area contributed by atoms with Gasteiger partial charge in [0.25, 0.3) is 0 Å². The predicted octanol–water partition coefficient (Wildman–Crippen LogP) is 1.86. The molecule has 1 saturated heterocycles. The summed E-state index contributed by atoms with van der Waals surface area (Å²) in [4.78, 5) is 14.6. The zero-order valence-electron chi connectivity index (χ0n) is 12.1. The van der Waals surface area contributed by atoms with Crippen molar-refractivity contribution in [2.24, 2.45) is 10.7 Å². The van der Waals surface area contributed by atoms with E-state index in [9.17, 15) is 0 Å². The molecule has 6 heteroatoms. The van der Waals surface area contributed by atoms with Gasteiger partial charge in [0.1, 0.15) is 5.82 Å². The quantitative estimate of drug-likeness (QED) is 0.514. The lowest BCUT2D eigenvalue weighted by atomic mass is 10.3. The molecule has 21 heavy (non-hydrogen) atoms. The molecule has 0 bridgehead atoms. The van der Waals surface area contributed by atoms with Crippen molar-refractivity contribution in [3.8, 4) is 0 Å². The van der Waals surface area contributed by atoms with Crippen LogP contribution in [0.25, 0.3) is 11.0 Å². The topological polar surface area (TPSA) is 70.3 Å². The summed E-state index contributed by atoms with van der Waals surface area (Å²) in [6.45, 7) is 2.79. The second kappa shape index (κ2) is 6.85. The number of aromatic amines is 1. The van der Waals surface area contributed by atoms with Gasteiger partial charge in [-0.05, 0) is 18.6 Å². The molecule has 1 aromatic carbocycles. The van der Waals surface area contributed by atoms with Crippen LogP contribution < -0.4 is 5.73 Å². The minimum absolute atomic E-state index is 0.694. The summed E-state index contributed by atoms with van der Waals surface area (Å²) < 4.78 is 0. The van der Waals surface area contributed by atoms with Crippen molar-refractivity contribution in [3.63, 3.8) is 0 Å². The zero-order chi connectivity index (χ0) is 14.5. The number of benzene rings is 1. The van der Waals surface area contributed by atoms with Crippen molar-refractivity contribution >= 4 is 28.8 Å². The molecule has 1 aliphatic rings. The normalized spacial score (nSPS) is 16.6. The highest BCUT2D eigenvalue weighted by Crippen LogP contribution is 2.11. The van der Waals surface area contributed by atoms with E-state index < -0.39 is 0 Å². The second-order valence-electron chi connectivity index (χ2n) is 5.14. The van der Waals surface area contributed by atoms with Crippen LogP contribution in [0.15, 0.2) is 29.3 Å². The first-order valence-electron chi connectivity index (χ1n) is 7.39. The summed E-state index contributed by atoms with van der Waals surface area (Å²) in [5.41, 5.74) is 8.16. The monoisotopic (exact) mass is 303 g/mol. The molecule has 1 fully saturated rings. The summed E-state index contributed by atoms with van der Waals surface area (Å²) in [7, 11) is 0. The average molecular weight is 303 g/mol. The van der Waals surface area contributed by atoms with Crippen molar-refractivity contribution in [2.75, 3.05) is 31.1 Å². The SMILES string of the molecule is NC(=NCCCc1nc2ccccc2[nH]1)N1CCSCC1. The van der Waals surface area contributed by atoms with E-state index in [1.54, 1.807) is 0 Å². The van der Waals surface area contributed by atoms with Crippen LogP contribution in [0.4, 0.5) is 0 Å². The molecular weight excluding hydrogens is 282 g/mol. The Morgan fingerprint density at radius 3 is 2.95 bits per heavy atom. The van der Waals surface area contributed by atoms with Gasteiger partial charge < -0.3 is 15.6 Å². The van der Waals surface area contributed by atoms with E-state index >= 15 is 0 Å². The maximum Gasteiger partial charge on any atom is 0.191 e. The number of nitrogens with two attached hydrogens (primary N) is 1. The fourth-order valence-corrected chi connectivity index (χ4v) is 3.36. The van der Waals surface area contributed by atoms with Crippen LogP contribution in [0.5, 0.6) is 0 Å². The number of hydrogen-bond donors (Lipinski definition) is 2. The van der Waals surface area contributed by atoms with E-state index in [2.05, 4.69) is 25.9 Å². The molecule has 0 radical (unpaired) electrons. The molecule has 1 aromatic heterocycles. The van der Waals surface area contributed by atoms with Gasteiger partial charge >= 0.3 is 0 Å². The van der Waals surface area contributed by atoms with Crippen LogP contribution in [0.3, 0.4) is 0 Å². The summed E-state index contributed by atoms with van der Waals surface area (Å²) in [5.74, 6) is 4.02. The van der Waals surface area contributed by atoms with E-state index in [1.165, 1.54) is 0 Å². The molecular formula is C15H21N5S. The van der Waals surface area contributed by atoms with Crippen LogP contribution in [-0.4, -0.2) is 52.0 Å². The fraction of sp³-hybridized carbons (Fsp3) is 0.467. The third-order valence-corrected chi connectivity index (χ3v) is 4.56. The highest BCUT2D eigenvalue weighted by molar-refractivity contribution is 7.99. The number of nitrogens with zero attached hydrogens (tertiary/aromatic N) is 3. The summed E-state index contributed by atoms with van der Waals surface area (Å²) in [6.07, 6.45) is 1.87. The number of aromatic nitrogens is 2. The Bertz CT molecular complexity index is 582. The Morgan fingerprint density at radius 1 is 1.33 bits per heavy atom. The summed E-state index contributed by atoms with van der Waals surface area (Å²) in [6, 6.07) is 8.11. The van der Waals surface area contributed by atoms with Crippen LogP contribution in [0.2, 0.25) is 0 Å². The lowest BCUT2D eigenvalue weighted by Crippen LogP contribution is -2.42. The molecule has 0 unspecified atom stereocenters. The minimum atomic E-state index is 0.694. The number of para-hydroxylation sites is 2. The van der Waals surface area contributed by atoms with E-state index in [0.717, 1.165) is 60.8 Å². The van der Waals surface area contributed by atoms with Gasteiger partial charge in [-0.25, -0.2) is 4.98 Å². The molecule has 5 nitrogen and oxygen atoms in total. The Morgan fingerprint density at radius 2 is 2.14 bits per heavy atom. The van der Waals surface area contributed by atoms with Crippen LogP contribution >= 0.6 is 11.8 Å². The first kappa shape index (κ1) is 14.3. The summed E-state index contributed by atoms with van der Waals surface area (Å²) >= 11 is 1.98. The molecule has 0 saturated carbocycles. The highest BCUT2D eigenvalue weighted by Gasteiger charge is 2.11. The lowest BCUT2D eigenvalue weighted by Gasteiger charge is -2.27. The number of nitrogens with one attached hydrogen (secondary N) is 1. The maximum atomic E-state index is 6.03. The molecule has 2 aromatic rings. The van der Waals surface area contributed by atoms with Crippen molar-refractivity contribution in [3.05, 3.63) is 30.1 Å². The number of aryl methyl sites for hydroxylation is 1. The largest absolute Gasteiger partial charge is 0.370 e. The molecule has 2 heterocycles. The van der Waals surface area contributed by atoms with Crippen molar-refractivity contribution in [1.82, 2.24) is 14.9 Å². The van der Waals surface area contributed by atoms with Gasteiger partial charge in [0, 0.05) is 37.6 Å². The van der Waals surface area contributed by atoms with Gasteiger partial charge in [0.15, 0.2) is 5.96 Å². The van der Waals surface area contributed by atoms with Gasteiger partial charge in [-0.3, -0.25) is 4.99 Å². The van der Waals surface area contributed by atoms with E-state index in [0.29, 0.717) is 5.96 Å². The maximum absolute atomic E-state index is 6.03. The lowest BCUT2D eigenvalue weighted by molar-refractivity contribution is 0.455. The van der Waals surface area contributed by atoms with Gasteiger partial charge in [0.2, 0.25) is 0 Å².